The maximum absolute atomic E-state index is 12.4. The van der Waals surface area contributed by atoms with Crippen molar-refractivity contribution in [2.75, 3.05) is 12.4 Å². The quantitative estimate of drug-likeness (QED) is 0.718. The van der Waals surface area contributed by atoms with Crippen LogP contribution in [0.2, 0.25) is 0 Å². The van der Waals surface area contributed by atoms with Gasteiger partial charge in [0.15, 0.2) is 0 Å². The van der Waals surface area contributed by atoms with Gasteiger partial charge >= 0.3 is 0 Å². The molecular weight excluding hydrogens is 330 g/mol. The Kier molecular flexibility index (Phi) is 6.65. The van der Waals surface area contributed by atoms with Gasteiger partial charge in [-0.3, -0.25) is 0 Å². The maximum Gasteiger partial charge on any atom is 0.240 e. The van der Waals surface area contributed by atoms with Gasteiger partial charge in [-0.15, -0.1) is 11.8 Å². The molecule has 1 atom stereocenters. The number of aliphatic hydroxyl groups excluding tert-OH is 1. The average molecular weight is 351 g/mol. The third kappa shape index (κ3) is 5.66. The van der Waals surface area contributed by atoms with Crippen molar-refractivity contribution >= 4 is 21.8 Å². The highest BCUT2D eigenvalue weighted by atomic mass is 32.2. The minimum absolute atomic E-state index is 0.0591. The normalized spacial score (nSPS) is 13.0. The second-order valence-electron chi connectivity index (χ2n) is 5.27. The number of nitrogens with one attached hydrogen (secondary N) is 1. The molecule has 124 valence electrons. The van der Waals surface area contributed by atoms with E-state index in [-0.39, 0.29) is 17.5 Å². The van der Waals surface area contributed by atoms with Crippen LogP contribution in [-0.2, 0) is 10.0 Å². The predicted molar refractivity (Wildman–Crippen MR) is 94.2 cm³/mol. The number of aryl methyl sites for hydroxylation is 1. The first kappa shape index (κ1) is 18.0. The van der Waals surface area contributed by atoms with Crippen LogP contribution < -0.4 is 4.72 Å². The lowest BCUT2D eigenvalue weighted by Crippen LogP contribution is -2.37. The molecule has 0 aliphatic rings. The Hall–Kier alpha value is -1.34. The van der Waals surface area contributed by atoms with Gasteiger partial charge in [-0.05, 0) is 37.6 Å². The van der Waals surface area contributed by atoms with Gasteiger partial charge in [-0.2, -0.15) is 0 Å². The summed E-state index contributed by atoms with van der Waals surface area (Å²) in [7, 11) is -3.58. The standard InChI is InChI=1S/C17H21NO3S2/c1-14-7-9-17(10-8-14)23(20,21)18-15(11-12-19)13-22-16-5-3-2-4-6-16/h2-10,15,18-19H,11-13H2,1H3. The summed E-state index contributed by atoms with van der Waals surface area (Å²) in [5, 5.41) is 9.19. The summed E-state index contributed by atoms with van der Waals surface area (Å²) in [6.07, 6.45) is 0.380. The van der Waals surface area contributed by atoms with Gasteiger partial charge in [0, 0.05) is 23.3 Å². The molecule has 2 aromatic rings. The Morgan fingerprint density at radius 3 is 2.35 bits per heavy atom. The Labute approximate surface area is 142 Å². The molecule has 0 saturated heterocycles. The van der Waals surface area contributed by atoms with Crippen LogP contribution in [0.4, 0.5) is 0 Å². The fourth-order valence-corrected chi connectivity index (χ4v) is 4.42. The molecule has 6 heteroatoms. The van der Waals surface area contributed by atoms with Crippen LogP contribution in [-0.4, -0.2) is 31.9 Å². The van der Waals surface area contributed by atoms with Gasteiger partial charge in [-0.1, -0.05) is 35.9 Å². The summed E-state index contributed by atoms with van der Waals surface area (Å²) < 4.78 is 27.6. The largest absolute Gasteiger partial charge is 0.396 e. The molecule has 0 aromatic heterocycles. The molecule has 23 heavy (non-hydrogen) atoms. The molecular formula is C17H21NO3S2. The number of hydrogen-bond acceptors (Lipinski definition) is 4. The summed E-state index contributed by atoms with van der Waals surface area (Å²) >= 11 is 1.57. The highest BCUT2D eigenvalue weighted by Gasteiger charge is 2.20. The first-order valence-corrected chi connectivity index (χ1v) is 9.86. The van der Waals surface area contributed by atoms with Gasteiger partial charge < -0.3 is 5.11 Å². The van der Waals surface area contributed by atoms with Crippen LogP contribution in [0.5, 0.6) is 0 Å². The Balaban J connectivity index is 2.04. The van der Waals surface area contributed by atoms with Crippen molar-refractivity contribution in [2.24, 2.45) is 0 Å². The number of aliphatic hydroxyl groups is 1. The van der Waals surface area contributed by atoms with E-state index in [4.69, 9.17) is 0 Å². The Morgan fingerprint density at radius 2 is 1.74 bits per heavy atom. The summed E-state index contributed by atoms with van der Waals surface area (Å²) in [5.74, 6) is 0.565. The lowest BCUT2D eigenvalue weighted by Gasteiger charge is -2.17. The summed E-state index contributed by atoms with van der Waals surface area (Å²) in [6.45, 7) is 1.85. The number of sulfonamides is 1. The van der Waals surface area contributed by atoms with E-state index in [0.29, 0.717) is 12.2 Å². The van der Waals surface area contributed by atoms with E-state index >= 15 is 0 Å². The monoisotopic (exact) mass is 351 g/mol. The predicted octanol–water partition coefficient (Wildman–Crippen LogP) is 2.82. The van der Waals surface area contributed by atoms with Gasteiger partial charge in [0.05, 0.1) is 4.90 Å². The van der Waals surface area contributed by atoms with Crippen LogP contribution in [0.3, 0.4) is 0 Å². The molecule has 2 rings (SSSR count). The number of thioether (sulfide) groups is 1. The Bertz CT molecular complexity index is 700. The third-order valence-corrected chi connectivity index (χ3v) is 6.04. The fourth-order valence-electron chi connectivity index (χ4n) is 2.05. The molecule has 2 N–H and O–H groups in total. The molecule has 0 fully saturated rings. The molecule has 4 nitrogen and oxygen atoms in total. The zero-order valence-electron chi connectivity index (χ0n) is 13.0. The van der Waals surface area contributed by atoms with Crippen molar-refractivity contribution in [3.05, 3.63) is 60.2 Å². The fraction of sp³-hybridized carbons (Fsp3) is 0.294. The highest BCUT2D eigenvalue weighted by molar-refractivity contribution is 7.99. The molecule has 0 saturated carbocycles. The Morgan fingerprint density at radius 1 is 1.09 bits per heavy atom. The molecule has 2 aromatic carbocycles. The van der Waals surface area contributed by atoms with E-state index in [9.17, 15) is 13.5 Å². The third-order valence-electron chi connectivity index (χ3n) is 3.33. The van der Waals surface area contributed by atoms with E-state index in [2.05, 4.69) is 4.72 Å². The highest BCUT2D eigenvalue weighted by Crippen LogP contribution is 2.20. The van der Waals surface area contributed by atoms with E-state index in [1.807, 2.05) is 37.3 Å². The summed E-state index contributed by atoms with van der Waals surface area (Å²) in [4.78, 5) is 1.32. The lowest BCUT2D eigenvalue weighted by molar-refractivity contribution is 0.276. The first-order chi connectivity index (χ1) is 11.0. The molecule has 0 aliphatic carbocycles. The van der Waals surface area contributed by atoms with Gasteiger partial charge in [0.25, 0.3) is 0 Å². The van der Waals surface area contributed by atoms with Crippen molar-refractivity contribution < 1.29 is 13.5 Å². The SMILES string of the molecule is Cc1ccc(S(=O)(=O)NC(CCO)CSc2ccccc2)cc1. The van der Waals surface area contributed by atoms with Gasteiger partial charge in [0.1, 0.15) is 0 Å². The number of benzene rings is 2. The second-order valence-corrected chi connectivity index (χ2v) is 8.07. The topological polar surface area (TPSA) is 66.4 Å². The van der Waals surface area contributed by atoms with E-state index in [0.717, 1.165) is 10.5 Å². The zero-order chi connectivity index (χ0) is 16.7. The molecule has 0 heterocycles. The number of hydrogen-bond donors (Lipinski definition) is 2. The van der Waals surface area contributed by atoms with Crippen molar-refractivity contribution in [1.29, 1.82) is 0 Å². The van der Waals surface area contributed by atoms with E-state index < -0.39 is 10.0 Å². The molecule has 1 unspecified atom stereocenters. The van der Waals surface area contributed by atoms with Crippen LogP contribution in [0.25, 0.3) is 0 Å². The molecule has 0 bridgehead atoms. The first-order valence-electron chi connectivity index (χ1n) is 7.39. The van der Waals surface area contributed by atoms with Gasteiger partial charge in [0.2, 0.25) is 10.0 Å². The van der Waals surface area contributed by atoms with Crippen LogP contribution >= 0.6 is 11.8 Å². The lowest BCUT2D eigenvalue weighted by atomic mass is 10.2. The van der Waals surface area contributed by atoms with Crippen molar-refractivity contribution in [2.45, 2.75) is 29.2 Å². The maximum atomic E-state index is 12.4. The van der Waals surface area contributed by atoms with E-state index in [1.54, 1.807) is 36.0 Å². The molecule has 0 spiro atoms. The summed E-state index contributed by atoms with van der Waals surface area (Å²) in [6, 6.07) is 16.2. The smallest absolute Gasteiger partial charge is 0.240 e. The van der Waals surface area contributed by atoms with Crippen LogP contribution in [0, 0.1) is 6.92 Å². The second kappa shape index (κ2) is 8.49. The molecule has 0 aliphatic heterocycles. The van der Waals surface area contributed by atoms with Crippen LogP contribution in [0.1, 0.15) is 12.0 Å². The van der Waals surface area contributed by atoms with E-state index in [1.165, 1.54) is 0 Å². The zero-order valence-corrected chi connectivity index (χ0v) is 14.6. The molecule has 0 amide bonds. The average Bonchev–Trinajstić information content (AvgIpc) is 2.54. The van der Waals surface area contributed by atoms with Crippen LogP contribution in [0.15, 0.2) is 64.4 Å². The van der Waals surface area contributed by atoms with Crippen molar-refractivity contribution in [1.82, 2.24) is 4.72 Å². The summed E-state index contributed by atoms with van der Waals surface area (Å²) in [5.41, 5.74) is 1.01. The number of rotatable bonds is 8. The van der Waals surface area contributed by atoms with Gasteiger partial charge in [-0.25, -0.2) is 13.1 Å². The minimum atomic E-state index is -3.58. The molecule has 0 radical (unpaired) electrons. The van der Waals surface area contributed by atoms with Crippen molar-refractivity contribution in [3.8, 4) is 0 Å². The minimum Gasteiger partial charge on any atom is -0.396 e. The van der Waals surface area contributed by atoms with Crippen molar-refractivity contribution in [3.63, 3.8) is 0 Å².